The summed E-state index contributed by atoms with van der Waals surface area (Å²) in [7, 11) is -3.71. The lowest BCUT2D eigenvalue weighted by Crippen LogP contribution is -2.42. The highest BCUT2D eigenvalue weighted by Gasteiger charge is 2.35. The molecule has 31 heavy (non-hydrogen) atoms. The Hall–Kier alpha value is -2.02. The van der Waals surface area contributed by atoms with Gasteiger partial charge in [0.1, 0.15) is 18.4 Å². The van der Waals surface area contributed by atoms with Crippen molar-refractivity contribution in [2.45, 2.75) is 32.4 Å². The number of carbonyl (C=O) groups is 1. The van der Waals surface area contributed by atoms with Crippen molar-refractivity contribution in [1.82, 2.24) is 5.06 Å². The van der Waals surface area contributed by atoms with Crippen LogP contribution >= 0.6 is 0 Å². The Labute approximate surface area is 180 Å². The molecule has 174 valence electrons. The van der Waals surface area contributed by atoms with Crippen molar-refractivity contribution in [3.8, 4) is 0 Å². The molecule has 2 aliphatic rings. The monoisotopic (exact) mass is 463 g/mol. The Morgan fingerprint density at radius 2 is 1.81 bits per heavy atom. The minimum atomic E-state index is -3.71. The van der Waals surface area contributed by atoms with Crippen LogP contribution in [0, 0.1) is 11.6 Å². The van der Waals surface area contributed by atoms with E-state index in [0.29, 0.717) is 19.6 Å². The van der Waals surface area contributed by atoms with Gasteiger partial charge in [0.15, 0.2) is 11.6 Å². The van der Waals surface area contributed by atoms with Gasteiger partial charge in [-0.3, -0.25) is 13.9 Å². The molecule has 1 aromatic rings. The van der Waals surface area contributed by atoms with Crippen LogP contribution in [0.2, 0.25) is 0 Å². The molecule has 1 aromatic carbocycles. The van der Waals surface area contributed by atoms with Crippen LogP contribution in [-0.2, 0) is 23.9 Å². The van der Waals surface area contributed by atoms with Crippen molar-refractivity contribution in [1.29, 1.82) is 0 Å². The molecule has 2 heterocycles. The summed E-state index contributed by atoms with van der Waals surface area (Å²) >= 11 is 0. The minimum Gasteiger partial charge on any atom is -0.441 e. The average Bonchev–Trinajstić information content (AvgIpc) is 2.83. The van der Waals surface area contributed by atoms with Crippen LogP contribution in [0.5, 0.6) is 0 Å². The number of ether oxygens (including phenoxy) is 1. The van der Waals surface area contributed by atoms with Crippen molar-refractivity contribution < 1.29 is 35.8 Å². The van der Waals surface area contributed by atoms with Gasteiger partial charge in [-0.15, -0.1) is 0 Å². The molecule has 1 atom stereocenters. The predicted octanol–water partition coefficient (Wildman–Crippen LogP) is 2.12. The second kappa shape index (κ2) is 8.85. The summed E-state index contributed by atoms with van der Waals surface area (Å²) in [6, 6.07) is 2.12. The van der Waals surface area contributed by atoms with E-state index >= 15 is 0 Å². The maximum atomic E-state index is 14.9. The fourth-order valence-corrected chi connectivity index (χ4v) is 3.83. The van der Waals surface area contributed by atoms with E-state index in [9.17, 15) is 22.0 Å². The molecule has 2 aliphatic heterocycles. The second-order valence-corrected chi connectivity index (χ2v) is 10.1. The summed E-state index contributed by atoms with van der Waals surface area (Å²) in [5, 5.41) is 1.79. The third-order valence-electron chi connectivity index (χ3n) is 4.90. The van der Waals surface area contributed by atoms with Gasteiger partial charge >= 0.3 is 6.09 Å². The number of cyclic esters (lactones) is 1. The number of hydrogen-bond donors (Lipinski definition) is 0. The number of halogens is 2. The Bertz CT molecular complexity index is 914. The van der Waals surface area contributed by atoms with Gasteiger partial charge in [-0.1, -0.05) is 0 Å². The zero-order valence-electron chi connectivity index (χ0n) is 17.9. The fourth-order valence-electron chi connectivity index (χ4n) is 3.43. The van der Waals surface area contributed by atoms with Crippen LogP contribution < -0.4 is 9.80 Å². The molecule has 0 radical (unpaired) electrons. The highest BCUT2D eigenvalue weighted by molar-refractivity contribution is 7.85. The molecule has 0 bridgehead atoms. The third kappa shape index (κ3) is 5.82. The van der Waals surface area contributed by atoms with Crippen LogP contribution in [-0.4, -0.2) is 76.9 Å². The molecular weight excluding hydrogens is 436 g/mol. The number of benzene rings is 1. The van der Waals surface area contributed by atoms with E-state index in [1.54, 1.807) is 9.96 Å². The molecule has 1 amide bonds. The zero-order valence-corrected chi connectivity index (χ0v) is 18.7. The van der Waals surface area contributed by atoms with E-state index in [1.165, 1.54) is 0 Å². The van der Waals surface area contributed by atoms with Crippen LogP contribution in [0.3, 0.4) is 0 Å². The molecule has 3 rings (SSSR count). The lowest BCUT2D eigenvalue weighted by atomic mass is 10.1. The Morgan fingerprint density at radius 3 is 2.39 bits per heavy atom. The number of anilines is 2. The first-order chi connectivity index (χ1) is 14.3. The largest absolute Gasteiger partial charge is 0.441 e. The third-order valence-corrected chi connectivity index (χ3v) is 5.47. The lowest BCUT2D eigenvalue weighted by molar-refractivity contribution is -0.199. The lowest BCUT2D eigenvalue weighted by Gasteiger charge is -2.33. The van der Waals surface area contributed by atoms with Gasteiger partial charge in [-0.2, -0.15) is 13.5 Å². The maximum absolute atomic E-state index is 14.9. The van der Waals surface area contributed by atoms with E-state index in [0.717, 1.165) is 23.3 Å². The maximum Gasteiger partial charge on any atom is 0.414 e. The molecule has 12 heteroatoms. The summed E-state index contributed by atoms with van der Waals surface area (Å²) in [6.07, 6.45) is -0.837. The summed E-state index contributed by atoms with van der Waals surface area (Å²) in [4.78, 5) is 20.4. The molecule has 2 fully saturated rings. The summed E-state index contributed by atoms with van der Waals surface area (Å²) in [5.74, 6) is -1.63. The van der Waals surface area contributed by atoms with Crippen LogP contribution in [0.15, 0.2) is 12.1 Å². The summed E-state index contributed by atoms with van der Waals surface area (Å²) < 4.78 is 61.7. The van der Waals surface area contributed by atoms with Crippen LogP contribution in [0.1, 0.15) is 20.8 Å². The molecular formula is C19H27F2N3O6S. The Balaban J connectivity index is 1.74. The summed E-state index contributed by atoms with van der Waals surface area (Å²) in [6.45, 7) is 6.90. The van der Waals surface area contributed by atoms with E-state index < -0.39 is 33.9 Å². The average molecular weight is 464 g/mol. The van der Waals surface area contributed by atoms with Gasteiger partial charge < -0.3 is 9.64 Å². The quantitative estimate of drug-likeness (QED) is 0.614. The highest BCUT2D eigenvalue weighted by Crippen LogP contribution is 2.32. The molecule has 0 N–H and O–H groups in total. The number of amides is 1. The molecule has 0 saturated carbocycles. The normalized spacial score (nSPS) is 21.4. The molecule has 0 aliphatic carbocycles. The van der Waals surface area contributed by atoms with Crippen molar-refractivity contribution in [2.75, 3.05) is 55.4 Å². The van der Waals surface area contributed by atoms with Gasteiger partial charge in [0.25, 0.3) is 10.1 Å². The van der Waals surface area contributed by atoms with Gasteiger partial charge in [0.05, 0.1) is 25.1 Å². The molecule has 0 spiro atoms. The second-order valence-electron chi connectivity index (χ2n) is 8.46. The number of carbonyl (C=O) groups excluding carboxylic acids is 1. The van der Waals surface area contributed by atoms with Crippen molar-refractivity contribution in [3.05, 3.63) is 23.8 Å². The van der Waals surface area contributed by atoms with Gasteiger partial charge in [0, 0.05) is 37.3 Å². The SMILES string of the molecule is CC(C)(C)N1CCN(c2c(F)cc(N3C[C@H](COS(C)(=O)=O)OC3=O)cc2F)CCO1. The standard InChI is InChI=1S/C19H27F2N3O6S/c1-19(2,3)24-6-5-22(7-8-28-24)17-15(20)9-13(10-16(17)21)23-11-14(30-18(23)25)12-29-31(4,26)27/h9-10,14H,5-8,11-12H2,1-4H3/t14-/m1/s1. The first-order valence-electron chi connectivity index (χ1n) is 9.82. The van der Waals surface area contributed by atoms with Crippen molar-refractivity contribution >= 4 is 27.6 Å². The number of hydrogen-bond acceptors (Lipinski definition) is 8. The smallest absolute Gasteiger partial charge is 0.414 e. The number of rotatable bonds is 5. The molecule has 9 nitrogen and oxygen atoms in total. The van der Waals surface area contributed by atoms with Gasteiger partial charge in [0.2, 0.25) is 0 Å². The van der Waals surface area contributed by atoms with E-state index in [2.05, 4.69) is 4.18 Å². The van der Waals surface area contributed by atoms with E-state index in [1.807, 2.05) is 20.8 Å². The van der Waals surface area contributed by atoms with Crippen molar-refractivity contribution in [3.63, 3.8) is 0 Å². The minimum absolute atomic E-state index is 0.0204. The van der Waals surface area contributed by atoms with Crippen molar-refractivity contribution in [2.24, 2.45) is 0 Å². The highest BCUT2D eigenvalue weighted by atomic mass is 32.2. The number of nitrogens with zero attached hydrogens (tertiary/aromatic N) is 3. The van der Waals surface area contributed by atoms with E-state index in [4.69, 9.17) is 9.57 Å². The fraction of sp³-hybridized carbons (Fsp3) is 0.632. The Kier molecular flexibility index (Phi) is 6.75. The first kappa shape index (κ1) is 23.6. The van der Waals surface area contributed by atoms with Crippen LogP contribution in [0.25, 0.3) is 0 Å². The summed E-state index contributed by atoms with van der Waals surface area (Å²) in [5.41, 5.74) is -0.453. The van der Waals surface area contributed by atoms with E-state index in [-0.39, 0.29) is 36.7 Å². The molecule has 0 unspecified atom stereocenters. The van der Waals surface area contributed by atoms with Crippen LogP contribution in [0.4, 0.5) is 25.0 Å². The molecule has 0 aromatic heterocycles. The Morgan fingerprint density at radius 1 is 1.16 bits per heavy atom. The van der Waals surface area contributed by atoms with Gasteiger partial charge in [-0.25, -0.2) is 13.6 Å². The predicted molar refractivity (Wildman–Crippen MR) is 109 cm³/mol. The topological polar surface area (TPSA) is 88.6 Å². The number of hydroxylamine groups is 2. The molecule has 2 saturated heterocycles. The first-order valence-corrected chi connectivity index (χ1v) is 11.6. The zero-order chi connectivity index (χ0) is 23.0. The van der Waals surface area contributed by atoms with Gasteiger partial charge in [-0.05, 0) is 20.8 Å².